The van der Waals surface area contributed by atoms with E-state index in [1.807, 2.05) is 0 Å². The molecule has 0 fully saturated rings. The summed E-state index contributed by atoms with van der Waals surface area (Å²) in [5.41, 5.74) is 5.18. The minimum absolute atomic E-state index is 1.04. The summed E-state index contributed by atoms with van der Waals surface area (Å²) in [6, 6.07) is 21.6. The number of fused-ring (bicyclic) bond motifs is 1. The molecule has 0 aromatic heterocycles. The van der Waals surface area contributed by atoms with Gasteiger partial charge in [-0.25, -0.2) is 0 Å². The second kappa shape index (κ2) is 6.70. The molecule has 0 bridgehead atoms. The molecule has 0 unspecified atom stereocenters. The van der Waals surface area contributed by atoms with E-state index in [0.717, 1.165) is 6.42 Å². The van der Waals surface area contributed by atoms with Crippen LogP contribution in [0.4, 0.5) is 11.4 Å². The maximum absolute atomic E-state index is 2.30. The number of allylic oxidation sites excluding steroid dienone is 1. The number of hydrogen-bond acceptors (Lipinski definition) is 1. The fourth-order valence-corrected chi connectivity index (χ4v) is 3.19. The molecule has 3 aromatic carbocycles. The summed E-state index contributed by atoms with van der Waals surface area (Å²) in [5.74, 6) is 0. The Morgan fingerprint density at radius 3 is 2.35 bits per heavy atom. The molecule has 3 aromatic rings. The van der Waals surface area contributed by atoms with Gasteiger partial charge in [0, 0.05) is 29.4 Å². The van der Waals surface area contributed by atoms with Gasteiger partial charge in [-0.2, -0.15) is 0 Å². The summed E-state index contributed by atoms with van der Waals surface area (Å²) >= 11 is 0. The molecule has 1 heteroatoms. The van der Waals surface area contributed by atoms with Gasteiger partial charge < -0.3 is 4.90 Å². The van der Waals surface area contributed by atoms with Crippen molar-refractivity contribution in [2.24, 2.45) is 0 Å². The highest BCUT2D eigenvalue weighted by Crippen LogP contribution is 2.34. The van der Waals surface area contributed by atoms with E-state index >= 15 is 0 Å². The third kappa shape index (κ3) is 2.87. The third-order valence-electron chi connectivity index (χ3n) is 4.38. The van der Waals surface area contributed by atoms with Crippen molar-refractivity contribution in [2.75, 3.05) is 11.9 Å². The topological polar surface area (TPSA) is 3.24 Å². The summed E-state index contributed by atoms with van der Waals surface area (Å²) in [6.07, 6.45) is 5.38. The van der Waals surface area contributed by atoms with Gasteiger partial charge in [-0.05, 0) is 36.4 Å². The zero-order chi connectivity index (χ0) is 16.2. The molecule has 3 rings (SSSR count). The van der Waals surface area contributed by atoms with Crippen LogP contribution in [0.25, 0.3) is 16.8 Å². The Balaban J connectivity index is 2.18. The highest BCUT2D eigenvalue weighted by molar-refractivity contribution is 5.96. The number of aryl methyl sites for hydroxylation is 1. The van der Waals surface area contributed by atoms with E-state index in [4.69, 9.17) is 0 Å². The lowest BCUT2D eigenvalue weighted by molar-refractivity contribution is 1.12. The smallest absolute Gasteiger partial charge is 0.0487 e. The van der Waals surface area contributed by atoms with Crippen LogP contribution in [0.5, 0.6) is 0 Å². The minimum atomic E-state index is 1.04. The van der Waals surface area contributed by atoms with Crippen LogP contribution in [0.1, 0.15) is 25.0 Å². The van der Waals surface area contributed by atoms with Crippen LogP contribution in [0.15, 0.2) is 66.7 Å². The SMILES string of the molecule is C/C=C\c1c(CC)cccc1N(C)c1cccc2ccccc12. The Kier molecular flexibility index (Phi) is 4.47. The summed E-state index contributed by atoms with van der Waals surface area (Å²) < 4.78 is 0. The van der Waals surface area contributed by atoms with E-state index in [1.54, 1.807) is 0 Å². The second-order valence-electron chi connectivity index (χ2n) is 5.76. The van der Waals surface area contributed by atoms with E-state index in [1.165, 1.54) is 33.3 Å². The number of rotatable bonds is 4. The molecule has 0 atom stereocenters. The molecule has 0 radical (unpaired) electrons. The van der Waals surface area contributed by atoms with Gasteiger partial charge in [0.25, 0.3) is 0 Å². The molecule has 0 amide bonds. The highest BCUT2D eigenvalue weighted by atomic mass is 15.1. The fraction of sp³-hybridized carbons (Fsp3) is 0.182. The molecule has 0 aliphatic rings. The Morgan fingerprint density at radius 1 is 0.870 bits per heavy atom. The van der Waals surface area contributed by atoms with Crippen LogP contribution >= 0.6 is 0 Å². The normalized spacial score (nSPS) is 11.3. The monoisotopic (exact) mass is 301 g/mol. The van der Waals surface area contributed by atoms with Crippen LogP contribution in [0.3, 0.4) is 0 Å². The van der Waals surface area contributed by atoms with Crippen molar-refractivity contribution >= 4 is 28.2 Å². The van der Waals surface area contributed by atoms with E-state index in [2.05, 4.69) is 98.6 Å². The van der Waals surface area contributed by atoms with Crippen molar-refractivity contribution in [3.8, 4) is 0 Å². The molecule has 0 aliphatic carbocycles. The minimum Gasteiger partial charge on any atom is -0.344 e. The molecule has 0 saturated heterocycles. The first kappa shape index (κ1) is 15.4. The molecule has 0 spiro atoms. The van der Waals surface area contributed by atoms with Crippen molar-refractivity contribution in [2.45, 2.75) is 20.3 Å². The van der Waals surface area contributed by atoms with Crippen LogP contribution in [-0.2, 0) is 6.42 Å². The van der Waals surface area contributed by atoms with Crippen molar-refractivity contribution in [3.63, 3.8) is 0 Å². The van der Waals surface area contributed by atoms with Gasteiger partial charge >= 0.3 is 0 Å². The molecule has 23 heavy (non-hydrogen) atoms. The van der Waals surface area contributed by atoms with Crippen molar-refractivity contribution in [1.29, 1.82) is 0 Å². The van der Waals surface area contributed by atoms with E-state index in [9.17, 15) is 0 Å². The molecule has 0 aliphatic heterocycles. The van der Waals surface area contributed by atoms with Crippen LogP contribution in [0, 0.1) is 0 Å². The lowest BCUT2D eigenvalue weighted by atomic mass is 10.0. The van der Waals surface area contributed by atoms with Gasteiger partial charge in [-0.1, -0.05) is 67.6 Å². The van der Waals surface area contributed by atoms with Crippen LogP contribution < -0.4 is 4.90 Å². The molecule has 1 nitrogen and oxygen atoms in total. The molecule has 116 valence electrons. The lowest BCUT2D eigenvalue weighted by Gasteiger charge is -2.24. The predicted octanol–water partition coefficient (Wildman–Crippen LogP) is 6.20. The standard InChI is InChI=1S/C22H23N/c1-4-10-19-17(5-2)12-8-15-21(19)23(3)22-16-9-13-18-11-6-7-14-20(18)22/h4,6-16H,5H2,1-3H3/b10-4-. The van der Waals surface area contributed by atoms with E-state index < -0.39 is 0 Å². The predicted molar refractivity (Wildman–Crippen MR) is 103 cm³/mol. The average Bonchev–Trinajstić information content (AvgIpc) is 2.61. The first-order chi connectivity index (χ1) is 11.3. The van der Waals surface area contributed by atoms with Crippen LogP contribution in [0.2, 0.25) is 0 Å². The van der Waals surface area contributed by atoms with Gasteiger partial charge in [-0.3, -0.25) is 0 Å². The largest absolute Gasteiger partial charge is 0.344 e. The molecule has 0 saturated carbocycles. The first-order valence-electron chi connectivity index (χ1n) is 8.22. The zero-order valence-corrected chi connectivity index (χ0v) is 14.1. The first-order valence-corrected chi connectivity index (χ1v) is 8.22. The quantitative estimate of drug-likeness (QED) is 0.554. The number of benzene rings is 3. The Bertz CT molecular complexity index is 840. The highest BCUT2D eigenvalue weighted by Gasteiger charge is 2.12. The third-order valence-corrected chi connectivity index (χ3v) is 4.38. The maximum atomic E-state index is 2.30. The Hall–Kier alpha value is -2.54. The molecular formula is C22H23N. The summed E-state index contributed by atoms with van der Waals surface area (Å²) in [5, 5.41) is 2.56. The number of hydrogen-bond donors (Lipinski definition) is 0. The summed E-state index contributed by atoms with van der Waals surface area (Å²) in [4.78, 5) is 2.30. The molecule has 0 N–H and O–H groups in total. The molecule has 0 heterocycles. The van der Waals surface area contributed by atoms with Crippen molar-refractivity contribution in [1.82, 2.24) is 0 Å². The summed E-state index contributed by atoms with van der Waals surface area (Å²) in [7, 11) is 2.16. The van der Waals surface area contributed by atoms with Gasteiger partial charge in [-0.15, -0.1) is 0 Å². The van der Waals surface area contributed by atoms with Crippen LogP contribution in [-0.4, -0.2) is 7.05 Å². The zero-order valence-electron chi connectivity index (χ0n) is 14.1. The van der Waals surface area contributed by atoms with E-state index in [-0.39, 0.29) is 0 Å². The maximum Gasteiger partial charge on any atom is 0.0487 e. The molecular weight excluding hydrogens is 278 g/mol. The van der Waals surface area contributed by atoms with Gasteiger partial charge in [0.05, 0.1) is 0 Å². The second-order valence-corrected chi connectivity index (χ2v) is 5.76. The summed E-state index contributed by atoms with van der Waals surface area (Å²) in [6.45, 7) is 4.29. The number of nitrogens with zero attached hydrogens (tertiary/aromatic N) is 1. The average molecular weight is 301 g/mol. The lowest BCUT2D eigenvalue weighted by Crippen LogP contribution is -2.12. The van der Waals surface area contributed by atoms with Gasteiger partial charge in [0.1, 0.15) is 0 Å². The van der Waals surface area contributed by atoms with E-state index in [0.29, 0.717) is 0 Å². The number of anilines is 2. The van der Waals surface area contributed by atoms with Gasteiger partial charge in [0.2, 0.25) is 0 Å². The Morgan fingerprint density at radius 2 is 1.57 bits per heavy atom. The van der Waals surface area contributed by atoms with Crippen molar-refractivity contribution in [3.05, 3.63) is 77.9 Å². The van der Waals surface area contributed by atoms with Gasteiger partial charge in [0.15, 0.2) is 0 Å². The van der Waals surface area contributed by atoms with Crippen molar-refractivity contribution < 1.29 is 0 Å². The Labute approximate surface area is 138 Å². The fourth-order valence-electron chi connectivity index (χ4n) is 3.19.